The van der Waals surface area contributed by atoms with Crippen molar-refractivity contribution in [1.82, 2.24) is 0 Å². The lowest BCUT2D eigenvalue weighted by Crippen LogP contribution is -2.30. The van der Waals surface area contributed by atoms with Crippen LogP contribution in [0.3, 0.4) is 0 Å². The molecule has 1 aliphatic heterocycles. The first-order valence-electron chi connectivity index (χ1n) is 6.97. The van der Waals surface area contributed by atoms with Gasteiger partial charge in [-0.1, -0.05) is 6.07 Å². The molecule has 0 spiro atoms. The number of aryl methyl sites for hydroxylation is 1. The summed E-state index contributed by atoms with van der Waals surface area (Å²) < 4.78 is 54.0. The largest absolute Gasteiger partial charge is 0.273 e. The summed E-state index contributed by atoms with van der Waals surface area (Å²) in [6.07, 6.45) is 0.352. The van der Waals surface area contributed by atoms with E-state index in [9.17, 15) is 27.3 Å². The Balaban J connectivity index is 2.16. The van der Waals surface area contributed by atoms with Crippen LogP contribution in [0.25, 0.3) is 0 Å². The Morgan fingerprint density at radius 3 is 2.58 bits per heavy atom. The fourth-order valence-corrected chi connectivity index (χ4v) is 4.29. The van der Waals surface area contributed by atoms with Gasteiger partial charge in [0.25, 0.3) is 15.7 Å². The fraction of sp³-hybridized carbons (Fsp3) is 0.200. The number of rotatable bonds is 3. The summed E-state index contributed by atoms with van der Waals surface area (Å²) >= 11 is 0. The topological polar surface area (TPSA) is 80.5 Å². The first-order chi connectivity index (χ1) is 11.2. The van der Waals surface area contributed by atoms with Crippen LogP contribution in [0.4, 0.5) is 20.2 Å². The molecule has 126 valence electrons. The second kappa shape index (κ2) is 5.52. The van der Waals surface area contributed by atoms with Crippen LogP contribution in [0.1, 0.15) is 11.1 Å². The van der Waals surface area contributed by atoms with Gasteiger partial charge >= 0.3 is 0 Å². The van der Waals surface area contributed by atoms with Crippen LogP contribution in [-0.2, 0) is 16.4 Å². The van der Waals surface area contributed by atoms with Crippen LogP contribution in [-0.4, -0.2) is 19.9 Å². The van der Waals surface area contributed by atoms with E-state index in [0.29, 0.717) is 18.1 Å². The maximum atomic E-state index is 14.2. The summed E-state index contributed by atoms with van der Waals surface area (Å²) in [5.41, 5.74) is 0.262. The Labute approximate surface area is 136 Å². The van der Waals surface area contributed by atoms with Crippen molar-refractivity contribution in [3.8, 4) is 0 Å². The van der Waals surface area contributed by atoms with Gasteiger partial charge in [-0.3, -0.25) is 14.4 Å². The van der Waals surface area contributed by atoms with E-state index in [1.165, 1.54) is 19.1 Å². The Morgan fingerprint density at radius 2 is 1.92 bits per heavy atom. The quantitative estimate of drug-likeness (QED) is 0.627. The molecule has 0 radical (unpaired) electrons. The standard InChI is InChI=1S/C15H12F2N2O4S/c1-9-6-12(17)15(8-13(9)19(20)21)24(22,23)18-5-4-10-2-3-11(16)7-14(10)18/h2-3,6-8H,4-5H2,1H3. The maximum Gasteiger partial charge on any atom is 0.273 e. The van der Waals surface area contributed by atoms with E-state index in [1.54, 1.807) is 0 Å². The van der Waals surface area contributed by atoms with E-state index in [2.05, 4.69) is 0 Å². The van der Waals surface area contributed by atoms with E-state index in [0.717, 1.165) is 16.4 Å². The monoisotopic (exact) mass is 354 g/mol. The lowest BCUT2D eigenvalue weighted by atomic mass is 10.2. The number of nitrogens with zero attached hydrogens (tertiary/aromatic N) is 2. The van der Waals surface area contributed by atoms with E-state index < -0.39 is 37.2 Å². The molecule has 0 unspecified atom stereocenters. The molecule has 0 N–H and O–H groups in total. The molecule has 0 aromatic heterocycles. The van der Waals surface area contributed by atoms with Crippen molar-refractivity contribution in [1.29, 1.82) is 0 Å². The third-order valence-electron chi connectivity index (χ3n) is 3.92. The van der Waals surface area contributed by atoms with Gasteiger partial charge in [-0.05, 0) is 37.1 Å². The highest BCUT2D eigenvalue weighted by molar-refractivity contribution is 7.92. The van der Waals surface area contributed by atoms with Gasteiger partial charge in [0.15, 0.2) is 0 Å². The molecule has 24 heavy (non-hydrogen) atoms. The van der Waals surface area contributed by atoms with E-state index in [4.69, 9.17) is 0 Å². The average Bonchev–Trinajstić information content (AvgIpc) is 2.90. The Hall–Kier alpha value is -2.55. The zero-order valence-corrected chi connectivity index (χ0v) is 13.3. The molecular weight excluding hydrogens is 342 g/mol. The first kappa shape index (κ1) is 16.3. The lowest BCUT2D eigenvalue weighted by molar-refractivity contribution is -0.385. The molecule has 9 heteroatoms. The minimum atomic E-state index is -4.39. The Kier molecular flexibility index (Phi) is 3.75. The van der Waals surface area contributed by atoms with Crippen molar-refractivity contribution in [2.75, 3.05) is 10.8 Å². The molecule has 3 rings (SSSR count). The summed E-state index contributed by atoms with van der Waals surface area (Å²) in [6.45, 7) is 1.33. The van der Waals surface area contributed by atoms with E-state index in [-0.39, 0.29) is 17.8 Å². The number of hydrogen-bond acceptors (Lipinski definition) is 4. The van der Waals surface area contributed by atoms with Crippen LogP contribution >= 0.6 is 0 Å². The molecule has 1 aliphatic rings. The summed E-state index contributed by atoms with van der Waals surface area (Å²) in [5.74, 6) is -1.70. The number of fused-ring (bicyclic) bond motifs is 1. The highest BCUT2D eigenvalue weighted by Crippen LogP contribution is 2.35. The lowest BCUT2D eigenvalue weighted by Gasteiger charge is -2.20. The molecule has 2 aromatic rings. The number of nitro groups is 1. The summed E-state index contributed by atoms with van der Waals surface area (Å²) in [6, 6.07) is 5.26. The van der Waals surface area contributed by atoms with Crippen LogP contribution in [0.5, 0.6) is 0 Å². The summed E-state index contributed by atoms with van der Waals surface area (Å²) in [4.78, 5) is 9.43. The average molecular weight is 354 g/mol. The Bertz CT molecular complexity index is 960. The van der Waals surface area contributed by atoms with Crippen molar-refractivity contribution in [3.05, 3.63) is 63.2 Å². The molecule has 0 atom stereocenters. The van der Waals surface area contributed by atoms with Gasteiger partial charge < -0.3 is 0 Å². The van der Waals surface area contributed by atoms with Gasteiger partial charge in [-0.15, -0.1) is 0 Å². The van der Waals surface area contributed by atoms with Crippen LogP contribution in [0.2, 0.25) is 0 Å². The minimum Gasteiger partial charge on any atom is -0.266 e. The van der Waals surface area contributed by atoms with Crippen molar-refractivity contribution in [2.24, 2.45) is 0 Å². The normalized spacial score (nSPS) is 13.9. The smallest absolute Gasteiger partial charge is 0.266 e. The highest BCUT2D eigenvalue weighted by atomic mass is 32.2. The molecule has 0 fully saturated rings. The number of halogens is 2. The Morgan fingerprint density at radius 1 is 1.21 bits per heavy atom. The molecule has 0 aliphatic carbocycles. The molecule has 0 saturated heterocycles. The number of anilines is 1. The summed E-state index contributed by atoms with van der Waals surface area (Å²) in [5, 5.41) is 11.0. The minimum absolute atomic E-state index is 0.0161. The highest BCUT2D eigenvalue weighted by Gasteiger charge is 2.34. The van der Waals surface area contributed by atoms with Crippen LogP contribution < -0.4 is 4.31 Å². The zero-order chi connectivity index (χ0) is 17.6. The number of nitro benzene ring substituents is 1. The van der Waals surface area contributed by atoms with Crippen LogP contribution in [0.15, 0.2) is 35.2 Å². The maximum absolute atomic E-state index is 14.2. The number of benzene rings is 2. The predicted molar refractivity (Wildman–Crippen MR) is 82.4 cm³/mol. The molecule has 2 aromatic carbocycles. The zero-order valence-electron chi connectivity index (χ0n) is 12.5. The van der Waals surface area contributed by atoms with Crippen molar-refractivity contribution < 1.29 is 22.1 Å². The first-order valence-corrected chi connectivity index (χ1v) is 8.41. The molecule has 6 nitrogen and oxygen atoms in total. The molecule has 0 bridgehead atoms. The fourth-order valence-electron chi connectivity index (χ4n) is 2.73. The van der Waals surface area contributed by atoms with Gasteiger partial charge in [0, 0.05) is 18.2 Å². The molecule has 0 amide bonds. The second-order valence-electron chi connectivity index (χ2n) is 5.43. The summed E-state index contributed by atoms with van der Waals surface area (Å²) in [7, 11) is -4.39. The molecule has 1 heterocycles. The number of sulfonamides is 1. The van der Waals surface area contributed by atoms with Gasteiger partial charge in [0.1, 0.15) is 16.5 Å². The second-order valence-corrected chi connectivity index (χ2v) is 7.26. The van der Waals surface area contributed by atoms with Gasteiger partial charge in [-0.25, -0.2) is 17.2 Å². The third-order valence-corrected chi connectivity index (χ3v) is 5.74. The third kappa shape index (κ3) is 2.50. The SMILES string of the molecule is Cc1cc(F)c(S(=O)(=O)N2CCc3ccc(F)cc32)cc1[N+](=O)[O-]. The molecule has 0 saturated carbocycles. The van der Waals surface area contributed by atoms with Crippen molar-refractivity contribution >= 4 is 21.4 Å². The van der Waals surface area contributed by atoms with Crippen molar-refractivity contribution in [3.63, 3.8) is 0 Å². The molecular formula is C15H12F2N2O4S. The van der Waals surface area contributed by atoms with E-state index in [1.807, 2.05) is 0 Å². The van der Waals surface area contributed by atoms with Gasteiger partial charge in [-0.2, -0.15) is 0 Å². The van der Waals surface area contributed by atoms with Crippen molar-refractivity contribution in [2.45, 2.75) is 18.2 Å². The predicted octanol–water partition coefficient (Wildman–Crippen LogP) is 2.93. The van der Waals surface area contributed by atoms with E-state index >= 15 is 0 Å². The van der Waals surface area contributed by atoms with Crippen LogP contribution in [0, 0.1) is 28.7 Å². The van der Waals surface area contributed by atoms with Gasteiger partial charge in [0.05, 0.1) is 10.6 Å². The van der Waals surface area contributed by atoms with Gasteiger partial charge in [0.2, 0.25) is 0 Å². The number of hydrogen-bond donors (Lipinski definition) is 0.